The highest BCUT2D eigenvalue weighted by atomic mass is 16.5. The van der Waals surface area contributed by atoms with Gasteiger partial charge in [0.2, 0.25) is 0 Å². The Labute approximate surface area is 113 Å². The van der Waals surface area contributed by atoms with Crippen molar-refractivity contribution in [3.8, 4) is 0 Å². The number of aromatic nitrogens is 1. The molecule has 0 spiro atoms. The topological polar surface area (TPSA) is 48.3 Å². The zero-order valence-corrected chi connectivity index (χ0v) is 12.0. The van der Waals surface area contributed by atoms with Crippen LogP contribution in [0.15, 0.2) is 12.3 Å². The second-order valence-electron chi connectivity index (χ2n) is 5.97. The van der Waals surface area contributed by atoms with Crippen LogP contribution in [0.4, 0.5) is 0 Å². The van der Waals surface area contributed by atoms with Gasteiger partial charge in [-0.15, -0.1) is 0 Å². The van der Waals surface area contributed by atoms with E-state index in [1.807, 2.05) is 23.8 Å². The first-order chi connectivity index (χ1) is 8.89. The molecule has 0 N–H and O–H groups in total. The Morgan fingerprint density at radius 2 is 2.16 bits per heavy atom. The Kier molecular flexibility index (Phi) is 3.52. The van der Waals surface area contributed by atoms with Crippen LogP contribution in [0.25, 0.3) is 0 Å². The van der Waals surface area contributed by atoms with Gasteiger partial charge in [0.15, 0.2) is 5.78 Å². The molecule has 1 aromatic rings. The lowest BCUT2D eigenvalue weighted by Crippen LogP contribution is -2.30. The molecule has 0 radical (unpaired) electrons. The van der Waals surface area contributed by atoms with Gasteiger partial charge >= 0.3 is 5.97 Å². The summed E-state index contributed by atoms with van der Waals surface area (Å²) in [5.41, 5.74) is 1.69. The smallest absolute Gasteiger partial charge is 0.328 e. The van der Waals surface area contributed by atoms with Crippen molar-refractivity contribution in [3.63, 3.8) is 0 Å². The molecule has 104 valence electrons. The van der Waals surface area contributed by atoms with Crippen molar-refractivity contribution >= 4 is 11.8 Å². The summed E-state index contributed by atoms with van der Waals surface area (Å²) in [6, 6.07) is 1.49. The van der Waals surface area contributed by atoms with Gasteiger partial charge in [0.05, 0.1) is 7.11 Å². The van der Waals surface area contributed by atoms with Gasteiger partial charge in [-0.1, -0.05) is 20.8 Å². The van der Waals surface area contributed by atoms with Crippen molar-refractivity contribution < 1.29 is 14.3 Å². The summed E-state index contributed by atoms with van der Waals surface area (Å²) in [6.07, 6.45) is 3.88. The molecular formula is C15H21NO3. The zero-order valence-electron chi connectivity index (χ0n) is 12.0. The molecule has 19 heavy (non-hydrogen) atoms. The third-order valence-electron chi connectivity index (χ3n) is 3.81. The van der Waals surface area contributed by atoms with E-state index in [0.29, 0.717) is 12.8 Å². The van der Waals surface area contributed by atoms with Gasteiger partial charge in [0, 0.05) is 23.9 Å². The van der Waals surface area contributed by atoms with Crippen LogP contribution in [0.1, 0.15) is 55.7 Å². The number of esters is 1. The molecule has 1 aliphatic rings. The molecule has 4 heteroatoms. The molecule has 0 saturated heterocycles. The number of nitrogens with zero attached hydrogens (tertiary/aromatic N) is 1. The lowest BCUT2D eigenvalue weighted by Gasteiger charge is -2.31. The Hall–Kier alpha value is -1.58. The van der Waals surface area contributed by atoms with Crippen LogP contribution in [0.2, 0.25) is 0 Å². The third-order valence-corrected chi connectivity index (χ3v) is 3.81. The molecule has 0 fully saturated rings. The molecule has 0 aliphatic heterocycles. The van der Waals surface area contributed by atoms with Crippen molar-refractivity contribution in [1.82, 2.24) is 4.57 Å². The van der Waals surface area contributed by atoms with E-state index in [4.69, 9.17) is 4.74 Å². The van der Waals surface area contributed by atoms with Crippen molar-refractivity contribution in [2.75, 3.05) is 7.11 Å². The fraction of sp³-hybridized carbons (Fsp3) is 0.600. The van der Waals surface area contributed by atoms with Crippen LogP contribution in [0, 0.1) is 5.41 Å². The van der Waals surface area contributed by atoms with Crippen LogP contribution >= 0.6 is 0 Å². The predicted octanol–water partition coefficient (Wildman–Crippen LogP) is 2.77. The molecule has 0 amide bonds. The molecule has 1 heterocycles. The highest BCUT2D eigenvalue weighted by Crippen LogP contribution is 2.36. The van der Waals surface area contributed by atoms with Gasteiger partial charge in [-0.05, 0) is 24.3 Å². The number of ether oxygens (including phenoxy) is 1. The molecule has 4 nitrogen and oxygen atoms in total. The van der Waals surface area contributed by atoms with Gasteiger partial charge in [-0.3, -0.25) is 4.79 Å². The van der Waals surface area contributed by atoms with E-state index in [0.717, 1.165) is 17.7 Å². The summed E-state index contributed by atoms with van der Waals surface area (Å²) < 4.78 is 6.77. The van der Waals surface area contributed by atoms with E-state index >= 15 is 0 Å². The lowest BCUT2D eigenvalue weighted by atomic mass is 9.76. The van der Waals surface area contributed by atoms with Gasteiger partial charge in [-0.25, -0.2) is 4.79 Å². The summed E-state index contributed by atoms with van der Waals surface area (Å²) in [7, 11) is 1.40. The molecule has 0 bridgehead atoms. The number of carbonyl (C=O) groups excluding carboxylic acids is 2. The van der Waals surface area contributed by atoms with Crippen molar-refractivity contribution in [2.24, 2.45) is 5.41 Å². The third kappa shape index (κ3) is 2.44. The molecule has 1 aromatic heterocycles. The first-order valence-electron chi connectivity index (χ1n) is 6.70. The molecule has 0 saturated carbocycles. The largest absolute Gasteiger partial charge is 0.467 e. The Bertz CT molecular complexity index is 513. The quantitative estimate of drug-likeness (QED) is 0.788. The van der Waals surface area contributed by atoms with Gasteiger partial charge in [0.25, 0.3) is 0 Å². The standard InChI is InChI=1S/C15H21NO3/c1-5-11(14(18)19-4)16-7-6-10-12(16)8-15(2,3)9-13(10)17/h6-7,11H,5,8-9H2,1-4H3. The summed E-state index contributed by atoms with van der Waals surface area (Å²) in [6.45, 7) is 6.12. The maximum absolute atomic E-state index is 12.1. The van der Waals surface area contributed by atoms with E-state index in [1.54, 1.807) is 0 Å². The number of fused-ring (bicyclic) bond motifs is 1. The van der Waals surface area contributed by atoms with Crippen molar-refractivity contribution in [2.45, 2.75) is 46.1 Å². The minimum Gasteiger partial charge on any atom is -0.467 e. The van der Waals surface area contributed by atoms with Gasteiger partial charge < -0.3 is 9.30 Å². The van der Waals surface area contributed by atoms with Crippen LogP contribution in [0.5, 0.6) is 0 Å². The summed E-state index contributed by atoms with van der Waals surface area (Å²) >= 11 is 0. The van der Waals surface area contributed by atoms with E-state index < -0.39 is 0 Å². The average Bonchev–Trinajstić information content (AvgIpc) is 2.72. The highest BCUT2D eigenvalue weighted by molar-refractivity contribution is 5.99. The number of rotatable bonds is 3. The van der Waals surface area contributed by atoms with Gasteiger partial charge in [-0.2, -0.15) is 0 Å². The SMILES string of the molecule is CCC(C(=O)OC)n1ccc2c1CC(C)(C)CC2=O. The lowest BCUT2D eigenvalue weighted by molar-refractivity contribution is -0.144. The van der Waals surface area contributed by atoms with Crippen molar-refractivity contribution in [1.29, 1.82) is 0 Å². The van der Waals surface area contributed by atoms with E-state index in [9.17, 15) is 9.59 Å². The Morgan fingerprint density at radius 1 is 1.47 bits per heavy atom. The van der Waals surface area contributed by atoms with E-state index in [2.05, 4.69) is 13.8 Å². The Balaban J connectivity index is 2.45. The fourth-order valence-corrected chi connectivity index (χ4v) is 2.87. The summed E-state index contributed by atoms with van der Waals surface area (Å²) in [5.74, 6) is -0.0820. The zero-order chi connectivity index (χ0) is 14.2. The van der Waals surface area contributed by atoms with Crippen LogP contribution in [-0.2, 0) is 16.0 Å². The maximum atomic E-state index is 12.1. The fourth-order valence-electron chi connectivity index (χ4n) is 2.87. The first-order valence-corrected chi connectivity index (χ1v) is 6.70. The second kappa shape index (κ2) is 4.83. The molecule has 2 rings (SSSR count). The molecular weight excluding hydrogens is 242 g/mol. The molecule has 1 aliphatic carbocycles. The minimum absolute atomic E-state index is 0.0470. The van der Waals surface area contributed by atoms with Gasteiger partial charge in [0.1, 0.15) is 6.04 Å². The van der Waals surface area contributed by atoms with Crippen LogP contribution in [0.3, 0.4) is 0 Å². The van der Waals surface area contributed by atoms with Crippen LogP contribution < -0.4 is 0 Å². The minimum atomic E-state index is -0.338. The monoisotopic (exact) mass is 263 g/mol. The average molecular weight is 263 g/mol. The number of hydrogen-bond acceptors (Lipinski definition) is 3. The molecule has 1 unspecified atom stereocenters. The van der Waals surface area contributed by atoms with Crippen molar-refractivity contribution in [3.05, 3.63) is 23.5 Å². The van der Waals surface area contributed by atoms with Crippen LogP contribution in [-0.4, -0.2) is 23.4 Å². The normalized spacial score (nSPS) is 18.8. The predicted molar refractivity (Wildman–Crippen MR) is 72.2 cm³/mol. The molecule has 1 atom stereocenters. The van der Waals surface area contributed by atoms with E-state index in [1.165, 1.54) is 7.11 Å². The number of methoxy groups -OCH3 is 1. The number of ketones is 1. The highest BCUT2D eigenvalue weighted by Gasteiger charge is 2.35. The first kappa shape index (κ1) is 13.8. The summed E-state index contributed by atoms with van der Waals surface area (Å²) in [5, 5.41) is 0. The number of hydrogen-bond donors (Lipinski definition) is 0. The number of carbonyl (C=O) groups is 2. The maximum Gasteiger partial charge on any atom is 0.328 e. The number of Topliss-reactive ketones (excluding diaryl/α,β-unsaturated/α-hetero) is 1. The Morgan fingerprint density at radius 3 is 2.74 bits per heavy atom. The second-order valence-corrected chi connectivity index (χ2v) is 5.97. The summed E-state index contributed by atoms with van der Waals surface area (Å²) in [4.78, 5) is 24.0. The van der Waals surface area contributed by atoms with E-state index in [-0.39, 0.29) is 23.2 Å². The molecule has 0 aromatic carbocycles.